The van der Waals surface area contributed by atoms with Gasteiger partial charge in [0, 0.05) is 18.7 Å². The first-order valence-electron chi connectivity index (χ1n) is 13.8. The molecule has 7 nitrogen and oxygen atoms in total. The summed E-state index contributed by atoms with van der Waals surface area (Å²) >= 11 is 0. The second-order valence-corrected chi connectivity index (χ2v) is 12.9. The summed E-state index contributed by atoms with van der Waals surface area (Å²) in [4.78, 5) is 28.3. The van der Waals surface area contributed by atoms with Crippen LogP contribution in [0, 0.1) is 18.7 Å². The van der Waals surface area contributed by atoms with Crippen LogP contribution in [-0.4, -0.2) is 44.3 Å². The molecule has 3 aromatic rings. The van der Waals surface area contributed by atoms with E-state index in [1.807, 2.05) is 46.8 Å². The number of amides is 2. The van der Waals surface area contributed by atoms with Gasteiger partial charge in [-0.3, -0.25) is 13.9 Å². The predicted molar refractivity (Wildman–Crippen MR) is 161 cm³/mol. The number of hydrogen-bond donors (Lipinski definition) is 1. The van der Waals surface area contributed by atoms with Crippen LogP contribution >= 0.6 is 0 Å². The average molecular weight is 582 g/mol. The molecule has 0 saturated heterocycles. The second-order valence-electron chi connectivity index (χ2n) is 11.0. The van der Waals surface area contributed by atoms with Gasteiger partial charge in [0.05, 0.1) is 10.6 Å². The average Bonchev–Trinajstić information content (AvgIpc) is 2.93. The normalized spacial score (nSPS) is 12.3. The molecule has 3 rings (SSSR count). The molecular weight excluding hydrogens is 541 g/mol. The van der Waals surface area contributed by atoms with Crippen LogP contribution in [0.2, 0.25) is 0 Å². The van der Waals surface area contributed by atoms with Crippen molar-refractivity contribution < 1.29 is 22.4 Å². The van der Waals surface area contributed by atoms with Crippen LogP contribution in [0.15, 0.2) is 77.7 Å². The fourth-order valence-corrected chi connectivity index (χ4v) is 5.65. The molecule has 0 aliphatic heterocycles. The lowest BCUT2D eigenvalue weighted by Crippen LogP contribution is -2.51. The highest BCUT2D eigenvalue weighted by molar-refractivity contribution is 7.92. The molecule has 0 aromatic heterocycles. The van der Waals surface area contributed by atoms with E-state index < -0.39 is 40.2 Å². The molecule has 0 radical (unpaired) electrons. The van der Waals surface area contributed by atoms with Crippen LogP contribution < -0.4 is 9.62 Å². The third-order valence-electron chi connectivity index (χ3n) is 6.89. The molecule has 0 fully saturated rings. The number of sulfonamides is 1. The zero-order valence-electron chi connectivity index (χ0n) is 24.6. The van der Waals surface area contributed by atoms with Gasteiger partial charge in [-0.2, -0.15) is 0 Å². The summed E-state index contributed by atoms with van der Waals surface area (Å²) in [5, 5.41) is 2.82. The van der Waals surface area contributed by atoms with Gasteiger partial charge in [0.15, 0.2) is 0 Å². The molecule has 41 heavy (non-hydrogen) atoms. The zero-order valence-corrected chi connectivity index (χ0v) is 25.4. The quantitative estimate of drug-likeness (QED) is 0.300. The molecule has 2 amide bonds. The van der Waals surface area contributed by atoms with E-state index in [1.165, 1.54) is 23.1 Å². The molecule has 0 bridgehead atoms. The van der Waals surface area contributed by atoms with Crippen molar-refractivity contribution in [2.24, 2.45) is 5.92 Å². The maximum Gasteiger partial charge on any atom is 0.264 e. The van der Waals surface area contributed by atoms with Gasteiger partial charge in [-0.1, -0.05) is 75.7 Å². The monoisotopic (exact) mass is 581 g/mol. The number of nitrogens with zero attached hydrogens (tertiary/aromatic N) is 2. The van der Waals surface area contributed by atoms with Gasteiger partial charge in [0.1, 0.15) is 18.4 Å². The fourth-order valence-electron chi connectivity index (χ4n) is 4.24. The molecular formula is C32H40FN3O4S. The van der Waals surface area contributed by atoms with Crippen molar-refractivity contribution in [2.45, 2.75) is 64.9 Å². The summed E-state index contributed by atoms with van der Waals surface area (Å²) in [6, 6.07) is 18.5. The number of carbonyl (C=O) groups is 2. The van der Waals surface area contributed by atoms with Crippen molar-refractivity contribution in [2.75, 3.05) is 17.4 Å². The first kappa shape index (κ1) is 31.8. The third kappa shape index (κ3) is 8.16. The highest BCUT2D eigenvalue weighted by Crippen LogP contribution is 2.27. The van der Waals surface area contributed by atoms with E-state index in [1.54, 1.807) is 49.4 Å². The topological polar surface area (TPSA) is 86.8 Å². The van der Waals surface area contributed by atoms with E-state index >= 15 is 0 Å². The van der Waals surface area contributed by atoms with Crippen LogP contribution in [0.3, 0.4) is 0 Å². The smallest absolute Gasteiger partial charge is 0.264 e. The highest BCUT2D eigenvalue weighted by atomic mass is 32.2. The van der Waals surface area contributed by atoms with Crippen LogP contribution in [0.1, 0.15) is 57.2 Å². The highest BCUT2D eigenvalue weighted by Gasteiger charge is 2.33. The Kier molecular flexibility index (Phi) is 10.7. The summed E-state index contributed by atoms with van der Waals surface area (Å²) < 4.78 is 43.6. The van der Waals surface area contributed by atoms with Gasteiger partial charge in [-0.15, -0.1) is 0 Å². The number of nitrogens with one attached hydrogen (secondary N) is 1. The first-order chi connectivity index (χ1) is 19.3. The van der Waals surface area contributed by atoms with Crippen molar-refractivity contribution in [3.8, 4) is 0 Å². The van der Waals surface area contributed by atoms with Crippen LogP contribution in [-0.2, 0) is 26.2 Å². The summed E-state index contributed by atoms with van der Waals surface area (Å²) in [6.45, 7) is 11.0. The third-order valence-corrected chi connectivity index (χ3v) is 8.67. The van der Waals surface area contributed by atoms with Crippen molar-refractivity contribution in [1.82, 2.24) is 10.2 Å². The molecule has 0 spiro atoms. The number of hydrogen-bond acceptors (Lipinski definition) is 4. The van der Waals surface area contributed by atoms with Gasteiger partial charge < -0.3 is 10.2 Å². The molecule has 1 N–H and O–H groups in total. The Morgan fingerprint density at radius 3 is 2.05 bits per heavy atom. The molecule has 1 atom stereocenters. The Labute approximate surface area is 243 Å². The van der Waals surface area contributed by atoms with E-state index in [2.05, 4.69) is 5.32 Å². The lowest BCUT2D eigenvalue weighted by molar-refractivity contribution is -0.139. The molecule has 0 unspecified atom stereocenters. The molecule has 3 aromatic carbocycles. The number of halogens is 1. The van der Waals surface area contributed by atoms with Gasteiger partial charge in [-0.25, -0.2) is 12.8 Å². The Morgan fingerprint density at radius 2 is 1.49 bits per heavy atom. The SMILES string of the molecule is Cc1ccc(S(=O)(=O)N(CC(=O)N(Cc2ccccc2F)[C@H](C)C(=O)NCC(C)C)c2ccc(C(C)C)cc2)cc1. The van der Waals surface area contributed by atoms with Crippen LogP contribution in [0.25, 0.3) is 0 Å². The summed E-state index contributed by atoms with van der Waals surface area (Å²) in [6.07, 6.45) is 0. The molecule has 0 aliphatic carbocycles. The number of rotatable bonds is 12. The van der Waals surface area contributed by atoms with Crippen molar-refractivity contribution in [1.29, 1.82) is 0 Å². The lowest BCUT2D eigenvalue weighted by atomic mass is 10.0. The largest absolute Gasteiger partial charge is 0.354 e. The van der Waals surface area contributed by atoms with Gasteiger partial charge >= 0.3 is 0 Å². The fraction of sp³-hybridized carbons (Fsp3) is 0.375. The predicted octanol–water partition coefficient (Wildman–Crippen LogP) is 5.64. The number of anilines is 1. The number of aryl methyl sites for hydroxylation is 1. The number of carbonyl (C=O) groups excluding carboxylic acids is 2. The van der Waals surface area contributed by atoms with E-state index in [9.17, 15) is 22.4 Å². The van der Waals surface area contributed by atoms with Gasteiger partial charge in [-0.05, 0) is 61.6 Å². The van der Waals surface area contributed by atoms with Crippen LogP contribution in [0.5, 0.6) is 0 Å². The van der Waals surface area contributed by atoms with E-state index in [4.69, 9.17) is 0 Å². The summed E-state index contributed by atoms with van der Waals surface area (Å²) in [5.41, 5.74) is 2.44. The minimum atomic E-state index is -4.17. The van der Waals surface area contributed by atoms with E-state index in [-0.39, 0.29) is 28.8 Å². The van der Waals surface area contributed by atoms with Gasteiger partial charge in [0.2, 0.25) is 11.8 Å². The first-order valence-corrected chi connectivity index (χ1v) is 15.2. The van der Waals surface area contributed by atoms with E-state index in [0.717, 1.165) is 15.4 Å². The van der Waals surface area contributed by atoms with Crippen molar-refractivity contribution in [3.05, 3.63) is 95.3 Å². The van der Waals surface area contributed by atoms with Gasteiger partial charge in [0.25, 0.3) is 10.0 Å². The Hall–Kier alpha value is -3.72. The second kappa shape index (κ2) is 13.8. The molecule has 9 heteroatoms. The zero-order chi connectivity index (χ0) is 30.3. The minimum absolute atomic E-state index is 0.0345. The van der Waals surface area contributed by atoms with Crippen molar-refractivity contribution >= 4 is 27.5 Å². The molecule has 0 heterocycles. The molecule has 0 saturated carbocycles. The Bertz CT molecular complexity index is 1440. The maximum atomic E-state index is 14.7. The van der Waals surface area contributed by atoms with Crippen molar-refractivity contribution in [3.63, 3.8) is 0 Å². The Balaban J connectivity index is 2.04. The summed E-state index contributed by atoms with van der Waals surface area (Å²) in [5.74, 6) is -1.14. The standard InChI is InChI=1S/C32H40FN3O4S/c1-22(2)19-34-32(38)25(6)35(20-27-9-7-8-10-30(27)33)31(37)21-36(28-15-13-26(14-16-28)23(3)4)41(39,40)29-17-11-24(5)12-18-29/h7-18,22-23,25H,19-21H2,1-6H3,(H,34,38)/t25-/m1/s1. The minimum Gasteiger partial charge on any atom is -0.354 e. The van der Waals surface area contributed by atoms with Crippen LogP contribution in [0.4, 0.5) is 10.1 Å². The number of benzene rings is 3. The molecule has 220 valence electrons. The lowest BCUT2D eigenvalue weighted by Gasteiger charge is -2.32. The molecule has 0 aliphatic rings. The Morgan fingerprint density at radius 1 is 0.878 bits per heavy atom. The maximum absolute atomic E-state index is 14.7. The van der Waals surface area contributed by atoms with E-state index in [0.29, 0.717) is 12.2 Å². The summed E-state index contributed by atoms with van der Waals surface area (Å²) in [7, 11) is -4.17.